The highest BCUT2D eigenvalue weighted by Gasteiger charge is 2.30. The van der Waals surface area contributed by atoms with Crippen LogP contribution < -0.4 is 14.4 Å². The molecule has 9 nitrogen and oxygen atoms in total. The highest BCUT2D eigenvalue weighted by Crippen LogP contribution is 2.45. The van der Waals surface area contributed by atoms with Crippen LogP contribution in [0.5, 0.6) is 0 Å². The predicted molar refractivity (Wildman–Crippen MR) is 173 cm³/mol. The Morgan fingerprint density at radius 2 is 1.64 bits per heavy atom. The number of nitrogens with zero attached hydrogens (tertiary/aromatic N) is 4. The summed E-state index contributed by atoms with van der Waals surface area (Å²) in [4.78, 5) is 17.1. The molecule has 0 spiro atoms. The molecular weight excluding hydrogens is 712 g/mol. The number of allylic oxidation sites excluding steroid dienone is 2. The molecule has 4 rings (SSSR count). The Bertz CT molecular complexity index is 1650. The molecular formula is C29H33Br2ClN4O5S. The summed E-state index contributed by atoms with van der Waals surface area (Å²) in [6.07, 6.45) is 6.09. The number of hydrogen-bond acceptors (Lipinski definition) is 7. The quantitative estimate of drug-likeness (QED) is 0.126. The summed E-state index contributed by atoms with van der Waals surface area (Å²) in [5.74, 6) is 0.761. The second kappa shape index (κ2) is 13.5. The van der Waals surface area contributed by atoms with Gasteiger partial charge in [0, 0.05) is 46.0 Å². The number of ether oxygens (including phenoxy) is 1. The van der Waals surface area contributed by atoms with Gasteiger partial charge in [-0.3, -0.25) is 0 Å². The largest absolute Gasteiger partial charge is 0.748 e. The molecule has 3 aromatic rings. The molecule has 226 valence electrons. The standard InChI is InChI=1S/C29H33Br2ClN4O5S/c1-5-33-24-16-20(30)21(31)17-25(24)34(6-2)27(33)11-9-12-28-35(7-3)26-18-22(32)19(29(37)41-8-4)15-23(26)36(28)13-10-14-42(38,39)40/h9,11-12,15-18H,5-8,10,13-14H2,1-4H3. The maximum atomic E-state index is 12.6. The number of aryl methyl sites for hydroxylation is 2. The molecule has 0 fully saturated rings. The molecule has 0 saturated carbocycles. The van der Waals surface area contributed by atoms with Crippen molar-refractivity contribution >= 4 is 88.0 Å². The average molecular weight is 745 g/mol. The molecule has 0 aliphatic carbocycles. The van der Waals surface area contributed by atoms with Crippen molar-refractivity contribution in [3.05, 3.63) is 67.6 Å². The van der Waals surface area contributed by atoms with Crippen LogP contribution in [-0.4, -0.2) is 49.0 Å². The number of hydrogen-bond donors (Lipinski definition) is 0. The zero-order chi connectivity index (χ0) is 30.8. The molecule has 1 aliphatic heterocycles. The van der Waals surface area contributed by atoms with Gasteiger partial charge in [-0.1, -0.05) is 17.7 Å². The third-order valence-electron chi connectivity index (χ3n) is 7.06. The van der Waals surface area contributed by atoms with E-state index < -0.39 is 21.8 Å². The third-order valence-corrected chi connectivity index (χ3v) is 10.0. The van der Waals surface area contributed by atoms with Gasteiger partial charge in [0.05, 0.1) is 51.8 Å². The number of carbonyl (C=O) groups excluding carboxylic acids is 1. The first-order valence-electron chi connectivity index (χ1n) is 13.7. The Morgan fingerprint density at radius 1 is 1.02 bits per heavy atom. The number of fused-ring (bicyclic) bond motifs is 2. The van der Waals surface area contributed by atoms with Crippen molar-refractivity contribution in [2.24, 2.45) is 0 Å². The lowest BCUT2D eigenvalue weighted by molar-refractivity contribution is -0.673. The number of halogens is 3. The fourth-order valence-corrected chi connectivity index (χ4v) is 6.68. The van der Waals surface area contributed by atoms with Crippen molar-refractivity contribution in [1.29, 1.82) is 0 Å². The highest BCUT2D eigenvalue weighted by molar-refractivity contribution is 9.13. The Hall–Kier alpha value is -2.38. The van der Waals surface area contributed by atoms with Crippen LogP contribution in [0.3, 0.4) is 0 Å². The van der Waals surface area contributed by atoms with Crippen LogP contribution in [0.15, 0.2) is 51.2 Å². The number of benzene rings is 2. The van der Waals surface area contributed by atoms with Crippen LogP contribution in [0.1, 0.15) is 50.3 Å². The Balaban J connectivity index is 1.84. The summed E-state index contributed by atoms with van der Waals surface area (Å²) in [6, 6.07) is 7.61. The highest BCUT2D eigenvalue weighted by atomic mass is 79.9. The average Bonchev–Trinajstić information content (AvgIpc) is 3.37. The summed E-state index contributed by atoms with van der Waals surface area (Å²) in [6.45, 7) is 10.5. The van der Waals surface area contributed by atoms with Crippen molar-refractivity contribution < 1.29 is 27.1 Å². The summed E-state index contributed by atoms with van der Waals surface area (Å²) in [5, 5.41) is 0.262. The molecule has 0 bridgehead atoms. The minimum Gasteiger partial charge on any atom is -0.748 e. The summed E-state index contributed by atoms with van der Waals surface area (Å²) in [5.41, 5.74) is 3.90. The zero-order valence-corrected chi connectivity index (χ0v) is 28.6. The number of esters is 1. The van der Waals surface area contributed by atoms with E-state index in [2.05, 4.69) is 73.7 Å². The molecule has 0 atom stereocenters. The lowest BCUT2D eigenvalue weighted by Crippen LogP contribution is -2.37. The van der Waals surface area contributed by atoms with E-state index in [-0.39, 0.29) is 30.2 Å². The smallest absolute Gasteiger partial charge is 0.339 e. The second-order valence-electron chi connectivity index (χ2n) is 9.54. The molecule has 0 saturated heterocycles. The number of imidazole rings is 1. The van der Waals surface area contributed by atoms with E-state index in [0.29, 0.717) is 12.1 Å². The van der Waals surface area contributed by atoms with Gasteiger partial charge in [-0.25, -0.2) is 22.3 Å². The van der Waals surface area contributed by atoms with Crippen LogP contribution in [0.25, 0.3) is 17.1 Å². The SMILES string of the molecule is CCOC(=O)c1cc2c(cc1Cl)n(CC)c(/C=C/C=C1N(CC)c3cc(Br)c(Br)cc3N1CC)[n+]2CCCS(=O)(=O)[O-]. The van der Waals surface area contributed by atoms with E-state index in [0.717, 1.165) is 50.6 Å². The second-order valence-corrected chi connectivity index (χ2v) is 13.2. The lowest BCUT2D eigenvalue weighted by Gasteiger charge is -2.23. The molecule has 13 heteroatoms. The van der Waals surface area contributed by atoms with Crippen molar-refractivity contribution in [1.82, 2.24) is 4.57 Å². The van der Waals surface area contributed by atoms with E-state index in [1.807, 2.05) is 28.2 Å². The van der Waals surface area contributed by atoms with Gasteiger partial charge in [0.2, 0.25) is 0 Å². The van der Waals surface area contributed by atoms with Crippen LogP contribution >= 0.6 is 43.5 Å². The summed E-state index contributed by atoms with van der Waals surface area (Å²) < 4.78 is 45.2. The molecule has 0 unspecified atom stereocenters. The Kier molecular flexibility index (Phi) is 10.5. The van der Waals surface area contributed by atoms with E-state index in [4.69, 9.17) is 16.3 Å². The molecule has 0 N–H and O–H groups in total. The van der Waals surface area contributed by atoms with E-state index >= 15 is 0 Å². The maximum absolute atomic E-state index is 12.6. The zero-order valence-electron chi connectivity index (χ0n) is 23.9. The van der Waals surface area contributed by atoms with Gasteiger partial charge in [0.1, 0.15) is 5.82 Å². The number of aromatic nitrogens is 2. The molecule has 2 heterocycles. The topological polar surface area (TPSA) is 98.8 Å². The molecule has 0 amide bonds. The van der Waals surface area contributed by atoms with E-state index in [1.165, 1.54) is 0 Å². The maximum Gasteiger partial charge on any atom is 0.339 e. The van der Waals surface area contributed by atoms with Gasteiger partial charge >= 0.3 is 5.97 Å². The van der Waals surface area contributed by atoms with Crippen LogP contribution in [-0.2, 0) is 27.9 Å². The first kappa shape index (κ1) is 32.5. The summed E-state index contributed by atoms with van der Waals surface area (Å²) >= 11 is 13.8. The molecule has 1 aliphatic rings. The van der Waals surface area contributed by atoms with Gasteiger partial charge < -0.3 is 19.1 Å². The van der Waals surface area contributed by atoms with Crippen molar-refractivity contribution in [2.75, 3.05) is 35.2 Å². The third kappa shape index (κ3) is 6.57. The van der Waals surface area contributed by atoms with Gasteiger partial charge in [-0.15, -0.1) is 0 Å². The van der Waals surface area contributed by atoms with Crippen LogP contribution in [0, 0.1) is 0 Å². The van der Waals surface area contributed by atoms with Crippen molar-refractivity contribution in [2.45, 2.75) is 47.2 Å². The first-order valence-corrected chi connectivity index (χ1v) is 17.3. The fraction of sp³-hybridized carbons (Fsp3) is 0.379. The predicted octanol–water partition coefficient (Wildman–Crippen LogP) is 6.46. The fourth-order valence-electron chi connectivity index (χ4n) is 5.30. The Labute approximate surface area is 268 Å². The monoisotopic (exact) mass is 742 g/mol. The number of carbonyl (C=O) groups is 1. The normalized spacial score (nSPS) is 13.5. The summed E-state index contributed by atoms with van der Waals surface area (Å²) in [7, 11) is -4.38. The van der Waals surface area contributed by atoms with Crippen molar-refractivity contribution in [3.63, 3.8) is 0 Å². The van der Waals surface area contributed by atoms with Crippen LogP contribution in [0.2, 0.25) is 5.02 Å². The molecule has 1 aromatic heterocycles. The lowest BCUT2D eigenvalue weighted by atomic mass is 10.2. The van der Waals surface area contributed by atoms with Crippen molar-refractivity contribution in [3.8, 4) is 0 Å². The minimum atomic E-state index is -4.38. The van der Waals surface area contributed by atoms with E-state index in [9.17, 15) is 17.8 Å². The minimum absolute atomic E-state index is 0.116. The molecule has 2 aromatic carbocycles. The Morgan fingerprint density at radius 3 is 2.17 bits per heavy atom. The van der Waals surface area contributed by atoms with Gasteiger partial charge in [0.25, 0.3) is 5.82 Å². The van der Waals surface area contributed by atoms with Gasteiger partial charge in [-0.2, -0.15) is 0 Å². The number of rotatable bonds is 11. The van der Waals surface area contributed by atoms with Crippen LogP contribution in [0.4, 0.5) is 11.4 Å². The number of anilines is 2. The van der Waals surface area contributed by atoms with E-state index in [1.54, 1.807) is 19.1 Å². The first-order chi connectivity index (χ1) is 19.9. The molecule has 0 radical (unpaired) electrons. The van der Waals surface area contributed by atoms with Gasteiger partial charge in [0.15, 0.2) is 11.0 Å². The molecule has 42 heavy (non-hydrogen) atoms. The van der Waals surface area contributed by atoms with Gasteiger partial charge in [-0.05, 0) is 84.2 Å².